The van der Waals surface area contributed by atoms with Crippen LogP contribution in [-0.4, -0.2) is 60.2 Å². The van der Waals surface area contributed by atoms with Gasteiger partial charge < -0.3 is 32.6 Å². The molecule has 14 heteroatoms. The van der Waals surface area contributed by atoms with E-state index in [9.17, 15) is 14.4 Å². The molecule has 0 saturated carbocycles. The molecule has 0 unspecified atom stereocenters. The Labute approximate surface area is 269 Å². The third kappa shape index (κ3) is 5.65. The van der Waals surface area contributed by atoms with Crippen molar-refractivity contribution >= 4 is 35.3 Å². The lowest BCUT2D eigenvalue weighted by atomic mass is 9.84. The number of halogens is 2. The Bertz CT molecular complexity index is 2120. The minimum atomic E-state index is -3.98. The number of carbonyl (C=O) groups is 1. The first-order chi connectivity index (χ1) is 22.4. The lowest BCUT2D eigenvalue weighted by Crippen LogP contribution is -2.51. The van der Waals surface area contributed by atoms with E-state index >= 15 is 8.63 Å². The predicted octanol–water partition coefficient (Wildman–Crippen LogP) is 4.65. The largest absolute Gasteiger partial charge is 0.737 e. The molecule has 1 aromatic carbocycles. The van der Waals surface area contributed by atoms with E-state index in [-0.39, 0.29) is 23.7 Å². The molecule has 0 spiro atoms. The first-order valence-electron chi connectivity index (χ1n) is 15.9. The second kappa shape index (κ2) is 12.3. The molecular weight excluding hydrogens is 607 g/mol. The second-order valence-corrected chi connectivity index (χ2v) is 12.3. The number of imidazole rings is 1. The van der Waals surface area contributed by atoms with E-state index in [1.54, 1.807) is 38.1 Å². The van der Waals surface area contributed by atoms with E-state index < -0.39 is 18.2 Å². The molecule has 0 fully saturated rings. The lowest BCUT2D eigenvalue weighted by molar-refractivity contribution is -0.363. The maximum atomic E-state index is 15.7. The zero-order chi connectivity index (χ0) is 33.6. The Morgan fingerprint density at radius 2 is 1.83 bits per heavy atom. The molecule has 11 nitrogen and oxygen atoms in total. The molecule has 0 atom stereocenters. The van der Waals surface area contributed by atoms with Crippen LogP contribution >= 0.6 is 0 Å². The molecule has 246 valence electrons. The third-order valence-corrected chi connectivity index (χ3v) is 8.79. The second-order valence-electron chi connectivity index (χ2n) is 12.3. The van der Waals surface area contributed by atoms with Gasteiger partial charge in [-0.25, -0.2) is 9.78 Å². The number of ether oxygens (including phenoxy) is 1. The van der Waals surface area contributed by atoms with Gasteiger partial charge in [0.15, 0.2) is 18.0 Å². The normalized spacial score (nSPS) is 15.3. The number of allylic oxidation sites excluding steroid dienone is 3. The van der Waals surface area contributed by atoms with Crippen LogP contribution in [0.2, 0.25) is 0 Å². The van der Waals surface area contributed by atoms with Gasteiger partial charge in [-0.05, 0) is 88.0 Å². The van der Waals surface area contributed by atoms with Crippen LogP contribution in [0.3, 0.4) is 0 Å². The summed E-state index contributed by atoms with van der Waals surface area (Å²) in [5, 5.41) is 2.87. The monoisotopic (exact) mass is 645 g/mol. The topological polar surface area (TPSA) is 130 Å². The smallest absolute Gasteiger partial charge is 0.484 e. The van der Waals surface area contributed by atoms with E-state index in [4.69, 9.17) is 4.74 Å². The van der Waals surface area contributed by atoms with Crippen molar-refractivity contribution in [3.05, 3.63) is 85.5 Å². The number of benzene rings is 1. The molecule has 0 saturated heterocycles. The summed E-state index contributed by atoms with van der Waals surface area (Å²) in [5.41, 5.74) is 5.07. The number of aryl methyl sites for hydroxylation is 2. The van der Waals surface area contributed by atoms with Crippen LogP contribution in [0.15, 0.2) is 57.3 Å². The maximum Gasteiger partial charge on any atom is 0.737 e. The standard InChI is InChI=1S/C33H38BF2N7O4/c1-6-15-41-32(45)27-31(40-33(41)46)39-30(38-27)23-10-12-24(13-11-23)47-18-26(44)37-14-8-7-9-25-28-19(2)16-21(4)42(28)34(35,36)43-22(5)17-20(3)29(25)43/h10-13,16-17H,6-9,14-15,18H2,1-5H3,(H,37,44)(H,38,39)(H,40,46). The molecule has 0 bridgehead atoms. The van der Waals surface area contributed by atoms with Crippen molar-refractivity contribution in [3.63, 3.8) is 0 Å². The fraction of sp³-hybridized carbons (Fsp3) is 0.364. The minimum absolute atomic E-state index is 0.172. The first-order valence-corrected chi connectivity index (χ1v) is 15.9. The summed E-state index contributed by atoms with van der Waals surface area (Å²) in [6.45, 7) is 5.69. The molecule has 4 aromatic rings. The summed E-state index contributed by atoms with van der Waals surface area (Å²) in [4.78, 5) is 47.4. The number of aromatic amines is 2. The molecule has 2 aliphatic heterocycles. The Kier molecular flexibility index (Phi) is 8.37. The fourth-order valence-electron chi connectivity index (χ4n) is 6.81. The average Bonchev–Trinajstić information content (AvgIpc) is 3.68. The number of nitrogens with one attached hydrogen (secondary N) is 3. The van der Waals surface area contributed by atoms with Gasteiger partial charge in [0, 0.05) is 48.5 Å². The predicted molar refractivity (Wildman–Crippen MR) is 178 cm³/mol. The summed E-state index contributed by atoms with van der Waals surface area (Å²) in [6.07, 6.45) is 4.46. The van der Waals surface area contributed by atoms with Crippen LogP contribution in [0, 0.1) is 13.8 Å². The lowest BCUT2D eigenvalue weighted by Gasteiger charge is -2.34. The van der Waals surface area contributed by atoms with Crippen molar-refractivity contribution in [3.8, 4) is 17.1 Å². The van der Waals surface area contributed by atoms with Crippen LogP contribution in [0.4, 0.5) is 8.63 Å². The van der Waals surface area contributed by atoms with Gasteiger partial charge in [-0.1, -0.05) is 6.92 Å². The number of unbranched alkanes of at least 4 members (excludes halogenated alkanes) is 1. The van der Waals surface area contributed by atoms with Crippen LogP contribution in [0.1, 0.15) is 63.4 Å². The highest BCUT2D eigenvalue weighted by atomic mass is 19.2. The number of fused-ring (bicyclic) bond motifs is 3. The van der Waals surface area contributed by atoms with E-state index in [0.29, 0.717) is 78.7 Å². The molecule has 5 heterocycles. The summed E-state index contributed by atoms with van der Waals surface area (Å²) in [7, 11) is 0. The minimum Gasteiger partial charge on any atom is -0.484 e. The third-order valence-electron chi connectivity index (χ3n) is 8.79. The molecule has 3 aromatic heterocycles. The van der Waals surface area contributed by atoms with Crippen LogP contribution < -0.4 is 21.3 Å². The van der Waals surface area contributed by atoms with Gasteiger partial charge >= 0.3 is 12.7 Å². The number of rotatable bonds is 11. The van der Waals surface area contributed by atoms with Crippen molar-refractivity contribution in [2.45, 2.75) is 66.8 Å². The van der Waals surface area contributed by atoms with Gasteiger partial charge in [-0.15, -0.1) is 0 Å². The number of amides is 1. The Morgan fingerprint density at radius 3 is 2.55 bits per heavy atom. The van der Waals surface area contributed by atoms with Crippen LogP contribution in [0.5, 0.6) is 5.75 Å². The van der Waals surface area contributed by atoms with E-state index in [1.807, 2.05) is 32.9 Å². The number of aromatic nitrogens is 5. The zero-order valence-electron chi connectivity index (χ0n) is 27.2. The Hall–Kier alpha value is -5.01. The summed E-state index contributed by atoms with van der Waals surface area (Å²) in [5.74, 6) is 0.629. The maximum absolute atomic E-state index is 15.7. The molecule has 0 radical (unpaired) electrons. The summed E-state index contributed by atoms with van der Waals surface area (Å²) < 4.78 is 40.7. The highest BCUT2D eigenvalue weighted by Crippen LogP contribution is 2.43. The van der Waals surface area contributed by atoms with Gasteiger partial charge in [-0.3, -0.25) is 19.1 Å². The van der Waals surface area contributed by atoms with E-state index in [0.717, 1.165) is 21.3 Å². The van der Waals surface area contributed by atoms with Crippen molar-refractivity contribution in [1.82, 2.24) is 29.3 Å². The van der Waals surface area contributed by atoms with E-state index in [1.165, 1.54) is 8.96 Å². The van der Waals surface area contributed by atoms with Crippen molar-refractivity contribution in [2.75, 3.05) is 13.2 Å². The molecule has 1 amide bonds. The molecule has 47 heavy (non-hydrogen) atoms. The van der Waals surface area contributed by atoms with Crippen molar-refractivity contribution in [2.24, 2.45) is 0 Å². The molecule has 6 rings (SSSR count). The number of carbonyl (C=O) groups excluding carboxylic acids is 1. The van der Waals surface area contributed by atoms with Crippen molar-refractivity contribution in [1.29, 1.82) is 0 Å². The number of nitrogens with zero attached hydrogens (tertiary/aromatic N) is 4. The molecular formula is C33H38BF2N7O4. The van der Waals surface area contributed by atoms with E-state index in [2.05, 4.69) is 20.3 Å². The Morgan fingerprint density at radius 1 is 1.09 bits per heavy atom. The zero-order valence-corrected chi connectivity index (χ0v) is 27.2. The first kappa shape index (κ1) is 32.0. The average molecular weight is 646 g/mol. The van der Waals surface area contributed by atoms with Gasteiger partial charge in [0.25, 0.3) is 11.5 Å². The quantitative estimate of drug-likeness (QED) is 0.162. The summed E-state index contributed by atoms with van der Waals surface area (Å²) in [6, 6.07) is 8.70. The molecule has 0 aliphatic carbocycles. The summed E-state index contributed by atoms with van der Waals surface area (Å²) >= 11 is 0. The molecule has 3 N–H and O–H groups in total. The number of H-pyrrole nitrogens is 2. The van der Waals surface area contributed by atoms with Gasteiger partial charge in [0.1, 0.15) is 22.8 Å². The highest BCUT2D eigenvalue weighted by Gasteiger charge is 2.54. The highest BCUT2D eigenvalue weighted by molar-refractivity contribution is 6.58. The molecule has 2 aliphatic rings. The van der Waals surface area contributed by atoms with Crippen LogP contribution in [-0.2, 0) is 11.3 Å². The number of hydrogen-bond acceptors (Lipinski definition) is 5. The fourth-order valence-corrected chi connectivity index (χ4v) is 6.81. The van der Waals surface area contributed by atoms with Crippen molar-refractivity contribution < 1.29 is 22.6 Å². The number of hydrogen-bond donors (Lipinski definition) is 3. The van der Waals surface area contributed by atoms with Crippen LogP contribution in [0.25, 0.3) is 28.1 Å². The van der Waals surface area contributed by atoms with Gasteiger partial charge in [0.2, 0.25) is 0 Å². The Balaban J connectivity index is 1.03. The SMILES string of the molecule is CCCn1c(=O)[nH]c2nc(-c3ccc(OCC(=O)NCCCCC4=C5C(C)=CC(C)=[N+]5[B-](F)(F)n5c(C)cc(C)c54)cc3)[nH]c2c1=O. The van der Waals surface area contributed by atoms with Gasteiger partial charge in [0.05, 0.1) is 0 Å². The van der Waals surface area contributed by atoms with Gasteiger partial charge in [-0.2, -0.15) is 0 Å².